The Morgan fingerprint density at radius 2 is 1.92 bits per heavy atom. The number of carbonyl (C=O) groups excluding carboxylic acids is 2. The minimum Gasteiger partial charge on any atom is -0.393 e. The number of ether oxygens (including phenoxy) is 1. The van der Waals surface area contributed by atoms with Crippen LogP contribution in [0.25, 0.3) is 0 Å². The molecular weight excluding hydrogens is 208 g/mol. The maximum Gasteiger partial charge on any atom is 0.314 e. The van der Waals surface area contributed by atoms with Gasteiger partial charge in [-0.25, -0.2) is 8.42 Å². The molecule has 0 fully saturated rings. The van der Waals surface area contributed by atoms with E-state index in [1.807, 2.05) is 0 Å². The molecule has 0 heterocycles. The molecule has 0 saturated carbocycles. The van der Waals surface area contributed by atoms with Crippen LogP contribution in [0, 0.1) is 0 Å². The summed E-state index contributed by atoms with van der Waals surface area (Å²) in [5.41, 5.74) is 0. The monoisotopic (exact) mass is 214 g/mol. The van der Waals surface area contributed by atoms with Gasteiger partial charge in [0.25, 0.3) is 0 Å². The molecule has 0 aromatic rings. The van der Waals surface area contributed by atoms with Gasteiger partial charge in [-0.2, -0.15) is 0 Å². The van der Waals surface area contributed by atoms with E-state index in [-0.39, 0.29) is 0 Å². The van der Waals surface area contributed by atoms with Crippen LogP contribution in [0.5, 0.6) is 0 Å². The highest BCUT2D eigenvalue weighted by molar-refractivity contribution is 8.13. The van der Waals surface area contributed by atoms with E-state index < -0.39 is 33.2 Å². The van der Waals surface area contributed by atoms with Crippen molar-refractivity contribution < 1.29 is 22.7 Å². The minimum atomic E-state index is -3.69. The SMILES string of the molecule is CC(=O)OC(=O)CCS(=O)(=O)Cl. The van der Waals surface area contributed by atoms with Crippen LogP contribution >= 0.6 is 10.7 Å². The third-order valence-corrected chi connectivity index (χ3v) is 1.96. The maximum absolute atomic E-state index is 10.5. The Morgan fingerprint density at radius 3 is 2.25 bits per heavy atom. The lowest BCUT2D eigenvalue weighted by Gasteiger charge is -1.96. The summed E-state index contributed by atoms with van der Waals surface area (Å²) < 4.78 is 24.6. The van der Waals surface area contributed by atoms with Crippen LogP contribution in [0.2, 0.25) is 0 Å². The van der Waals surface area contributed by atoms with Crippen molar-refractivity contribution in [1.29, 1.82) is 0 Å². The standard InChI is InChI=1S/C5H7ClO5S/c1-4(7)11-5(8)2-3-12(6,9)10/h2-3H2,1H3. The second-order valence-corrected chi connectivity index (χ2v) is 4.86. The van der Waals surface area contributed by atoms with Crippen molar-refractivity contribution in [3.8, 4) is 0 Å². The van der Waals surface area contributed by atoms with Crippen molar-refractivity contribution in [1.82, 2.24) is 0 Å². The molecule has 7 heteroatoms. The van der Waals surface area contributed by atoms with Gasteiger partial charge in [0.05, 0.1) is 12.2 Å². The number of esters is 2. The van der Waals surface area contributed by atoms with Gasteiger partial charge < -0.3 is 4.74 Å². The average Bonchev–Trinajstić information content (AvgIpc) is 1.80. The molecule has 5 nitrogen and oxygen atoms in total. The molecular formula is C5H7ClO5S. The van der Waals surface area contributed by atoms with E-state index in [0.29, 0.717) is 0 Å². The zero-order valence-corrected chi connectivity index (χ0v) is 7.81. The highest BCUT2D eigenvalue weighted by atomic mass is 35.7. The number of hydrogen-bond donors (Lipinski definition) is 0. The van der Waals surface area contributed by atoms with Crippen LogP contribution in [0.3, 0.4) is 0 Å². The molecule has 0 unspecified atom stereocenters. The van der Waals surface area contributed by atoms with E-state index in [9.17, 15) is 18.0 Å². The molecule has 0 bridgehead atoms. The Balaban J connectivity index is 3.81. The normalized spacial score (nSPS) is 10.8. The van der Waals surface area contributed by atoms with Crippen molar-refractivity contribution in [3.05, 3.63) is 0 Å². The number of hydrogen-bond acceptors (Lipinski definition) is 5. The van der Waals surface area contributed by atoms with Gasteiger partial charge in [0, 0.05) is 17.6 Å². The lowest BCUT2D eigenvalue weighted by molar-refractivity contribution is -0.157. The second kappa shape index (κ2) is 4.42. The fraction of sp³-hybridized carbons (Fsp3) is 0.600. The molecule has 0 aromatic carbocycles. The van der Waals surface area contributed by atoms with E-state index in [1.165, 1.54) is 0 Å². The van der Waals surface area contributed by atoms with Crippen molar-refractivity contribution in [2.24, 2.45) is 0 Å². The molecule has 0 rings (SSSR count). The second-order valence-electron chi connectivity index (χ2n) is 1.96. The largest absolute Gasteiger partial charge is 0.393 e. The molecule has 0 aromatic heterocycles. The first-order chi connectivity index (χ1) is 5.31. The Morgan fingerprint density at radius 1 is 1.42 bits per heavy atom. The van der Waals surface area contributed by atoms with E-state index in [4.69, 9.17) is 10.7 Å². The van der Waals surface area contributed by atoms with Crippen molar-refractivity contribution in [3.63, 3.8) is 0 Å². The number of halogens is 1. The molecule has 12 heavy (non-hydrogen) atoms. The molecule has 0 N–H and O–H groups in total. The maximum atomic E-state index is 10.5. The lowest BCUT2D eigenvalue weighted by atomic mass is 10.5. The topological polar surface area (TPSA) is 77.5 Å². The summed E-state index contributed by atoms with van der Waals surface area (Å²) in [4.78, 5) is 20.7. The van der Waals surface area contributed by atoms with Gasteiger partial charge in [0.2, 0.25) is 9.05 Å². The first-order valence-electron chi connectivity index (χ1n) is 2.95. The first-order valence-corrected chi connectivity index (χ1v) is 5.42. The molecule has 0 aliphatic rings. The number of rotatable bonds is 3. The van der Waals surface area contributed by atoms with E-state index in [0.717, 1.165) is 6.92 Å². The summed E-state index contributed by atoms with van der Waals surface area (Å²) in [6.07, 6.45) is -0.411. The van der Waals surface area contributed by atoms with E-state index in [2.05, 4.69) is 4.74 Å². The summed E-state index contributed by atoms with van der Waals surface area (Å²) in [5.74, 6) is -2.19. The van der Waals surface area contributed by atoms with Crippen molar-refractivity contribution >= 4 is 31.7 Å². The lowest BCUT2D eigenvalue weighted by Crippen LogP contribution is -2.12. The van der Waals surface area contributed by atoms with Gasteiger partial charge in [0.1, 0.15) is 0 Å². The Labute approximate surface area is 74.1 Å². The zero-order chi connectivity index (χ0) is 9.78. The van der Waals surface area contributed by atoms with Crippen LogP contribution in [0.4, 0.5) is 0 Å². The van der Waals surface area contributed by atoms with Crippen molar-refractivity contribution in [2.45, 2.75) is 13.3 Å². The van der Waals surface area contributed by atoms with Crippen LogP contribution in [-0.2, 0) is 23.4 Å². The fourth-order valence-corrected chi connectivity index (χ4v) is 1.06. The summed E-state index contributed by atoms with van der Waals surface area (Å²) in [7, 11) is 1.10. The molecule has 0 saturated heterocycles. The number of carbonyl (C=O) groups is 2. The summed E-state index contributed by atoms with van der Waals surface area (Å²) in [5, 5.41) is 0. The van der Waals surface area contributed by atoms with E-state index in [1.54, 1.807) is 0 Å². The minimum absolute atomic E-state index is 0.411. The molecule has 70 valence electrons. The highest BCUT2D eigenvalue weighted by Gasteiger charge is 2.11. The van der Waals surface area contributed by atoms with E-state index >= 15 is 0 Å². The Bertz CT molecular complexity index is 280. The third kappa shape index (κ3) is 7.49. The van der Waals surface area contributed by atoms with Crippen molar-refractivity contribution in [2.75, 3.05) is 5.75 Å². The van der Waals surface area contributed by atoms with Crippen LogP contribution in [0.15, 0.2) is 0 Å². The molecule has 0 atom stereocenters. The molecule has 0 radical (unpaired) electrons. The van der Waals surface area contributed by atoms with Gasteiger partial charge in [-0.1, -0.05) is 0 Å². The fourth-order valence-electron chi connectivity index (χ4n) is 0.417. The Kier molecular flexibility index (Phi) is 4.19. The summed E-state index contributed by atoms with van der Waals surface area (Å²) in [6, 6.07) is 0. The first kappa shape index (κ1) is 11.4. The predicted molar refractivity (Wildman–Crippen MR) is 41.0 cm³/mol. The van der Waals surface area contributed by atoms with Crippen LogP contribution in [0.1, 0.15) is 13.3 Å². The van der Waals surface area contributed by atoms with Gasteiger partial charge in [-0.3, -0.25) is 9.59 Å². The molecule has 0 aliphatic carbocycles. The molecule has 0 aliphatic heterocycles. The molecule has 0 spiro atoms. The smallest absolute Gasteiger partial charge is 0.314 e. The van der Waals surface area contributed by atoms with Crippen LogP contribution < -0.4 is 0 Å². The van der Waals surface area contributed by atoms with Gasteiger partial charge in [-0.15, -0.1) is 0 Å². The zero-order valence-electron chi connectivity index (χ0n) is 6.24. The van der Waals surface area contributed by atoms with Gasteiger partial charge >= 0.3 is 11.9 Å². The van der Waals surface area contributed by atoms with Gasteiger partial charge in [-0.05, 0) is 0 Å². The van der Waals surface area contributed by atoms with Crippen LogP contribution in [-0.4, -0.2) is 26.1 Å². The third-order valence-electron chi connectivity index (χ3n) is 0.808. The summed E-state index contributed by atoms with van der Waals surface area (Å²) in [6.45, 7) is 1.05. The molecule has 0 amide bonds. The summed E-state index contributed by atoms with van der Waals surface area (Å²) >= 11 is 0. The predicted octanol–water partition coefficient (Wildman–Crippen LogP) is 0.0348. The Hall–Kier alpha value is -0.620. The van der Waals surface area contributed by atoms with Gasteiger partial charge in [0.15, 0.2) is 0 Å². The highest BCUT2D eigenvalue weighted by Crippen LogP contribution is 1.99. The average molecular weight is 215 g/mol. The quantitative estimate of drug-likeness (QED) is 0.377.